The summed E-state index contributed by atoms with van der Waals surface area (Å²) < 4.78 is 0. The number of imide groups is 1. The fourth-order valence-corrected chi connectivity index (χ4v) is 0.956. The Labute approximate surface area is 87.9 Å². The predicted octanol–water partition coefficient (Wildman–Crippen LogP) is 0.365. The molecule has 5 nitrogen and oxygen atoms in total. The molecule has 0 bridgehead atoms. The van der Waals surface area contributed by atoms with Crippen LogP contribution < -0.4 is 5.73 Å². The smallest absolute Gasteiger partial charge is 0.321 e. The molecule has 1 radical (unpaired) electrons. The first-order valence-corrected chi connectivity index (χ1v) is 4.41. The number of amides is 3. The number of nitrogens with two attached hydrogens (primary N) is 1. The van der Waals surface area contributed by atoms with E-state index in [9.17, 15) is 9.59 Å². The van der Waals surface area contributed by atoms with E-state index in [0.717, 1.165) is 10.6 Å². The van der Waals surface area contributed by atoms with Gasteiger partial charge in [0.15, 0.2) is 0 Å². The zero-order valence-corrected chi connectivity index (χ0v) is 8.38. The highest BCUT2D eigenvalue weighted by molar-refractivity contribution is 5.97. The van der Waals surface area contributed by atoms with Crippen molar-refractivity contribution in [2.45, 2.75) is 6.42 Å². The summed E-state index contributed by atoms with van der Waals surface area (Å²) in [6.45, 7) is 0. The van der Waals surface area contributed by atoms with E-state index in [1.54, 1.807) is 18.3 Å². The van der Waals surface area contributed by atoms with Crippen LogP contribution in [-0.2, 0) is 11.2 Å². The first-order valence-electron chi connectivity index (χ1n) is 4.41. The van der Waals surface area contributed by atoms with Crippen molar-refractivity contribution < 1.29 is 9.59 Å². The summed E-state index contributed by atoms with van der Waals surface area (Å²) in [5, 5.41) is 0. The molecule has 0 spiro atoms. The van der Waals surface area contributed by atoms with Gasteiger partial charge in [-0.1, -0.05) is 6.07 Å². The molecule has 15 heavy (non-hydrogen) atoms. The largest absolute Gasteiger partial charge is 0.351 e. The third kappa shape index (κ3) is 3.38. The lowest BCUT2D eigenvalue weighted by atomic mass is 10.2. The van der Waals surface area contributed by atoms with Gasteiger partial charge in [-0.05, 0) is 12.1 Å². The Kier molecular flexibility index (Phi) is 3.79. The molecule has 1 aromatic rings. The number of hydrogen-bond donors (Lipinski definition) is 1. The van der Waals surface area contributed by atoms with Gasteiger partial charge in [0.25, 0.3) is 0 Å². The average Bonchev–Trinajstić information content (AvgIpc) is 2.26. The lowest BCUT2D eigenvalue weighted by Gasteiger charge is -2.11. The average molecular weight is 206 g/mol. The number of carbonyl (C=O) groups excluding carboxylic acids is 2. The predicted molar refractivity (Wildman–Crippen MR) is 54.6 cm³/mol. The van der Waals surface area contributed by atoms with Crippen LogP contribution in [0.15, 0.2) is 24.4 Å². The molecule has 79 valence electrons. The van der Waals surface area contributed by atoms with Gasteiger partial charge in [-0.2, -0.15) is 0 Å². The first kappa shape index (κ1) is 11.2. The van der Waals surface area contributed by atoms with Crippen LogP contribution in [0.2, 0.25) is 0 Å². The van der Waals surface area contributed by atoms with E-state index in [2.05, 4.69) is 4.98 Å². The zero-order valence-electron chi connectivity index (χ0n) is 8.38. The number of rotatable bonds is 3. The molecule has 2 N–H and O–H groups in total. The maximum atomic E-state index is 11.3. The highest BCUT2D eigenvalue weighted by Crippen LogP contribution is 1.99. The molecular formula is C10H12N3O2. The van der Waals surface area contributed by atoms with Crippen LogP contribution >= 0.6 is 0 Å². The molecule has 0 saturated carbocycles. The normalized spacial score (nSPS) is 9.67. The topological polar surface area (TPSA) is 76.3 Å². The second-order valence-electron chi connectivity index (χ2n) is 2.96. The van der Waals surface area contributed by atoms with Gasteiger partial charge < -0.3 is 5.73 Å². The lowest BCUT2D eigenvalue weighted by Crippen LogP contribution is -2.37. The standard InChI is InChI=1S/C10H12N3O2/c1-13(10(11)15)9(14)6-5-8-4-2-3-7-12-8/h2-4,6-7H,5H2,1H3,(H2,11,15). The maximum Gasteiger partial charge on any atom is 0.321 e. The summed E-state index contributed by atoms with van der Waals surface area (Å²) in [4.78, 5) is 26.8. The van der Waals surface area contributed by atoms with Crippen LogP contribution in [0.1, 0.15) is 5.69 Å². The van der Waals surface area contributed by atoms with E-state index in [-0.39, 0.29) is 0 Å². The molecule has 0 aliphatic heterocycles. The SMILES string of the molecule is CN(C(N)=O)C(=O)[CH]Cc1ccccn1. The Balaban J connectivity index is 2.44. The highest BCUT2D eigenvalue weighted by Gasteiger charge is 2.13. The molecule has 0 fully saturated rings. The third-order valence-corrected chi connectivity index (χ3v) is 1.87. The van der Waals surface area contributed by atoms with E-state index in [0.29, 0.717) is 6.42 Å². The van der Waals surface area contributed by atoms with Crippen LogP contribution in [0.5, 0.6) is 0 Å². The quantitative estimate of drug-likeness (QED) is 0.776. The van der Waals surface area contributed by atoms with Crippen LogP contribution in [-0.4, -0.2) is 28.9 Å². The van der Waals surface area contributed by atoms with Gasteiger partial charge in [0, 0.05) is 25.4 Å². The van der Waals surface area contributed by atoms with E-state index < -0.39 is 11.9 Å². The molecule has 1 aromatic heterocycles. The van der Waals surface area contributed by atoms with Gasteiger partial charge in [-0.15, -0.1) is 0 Å². The van der Waals surface area contributed by atoms with E-state index in [1.165, 1.54) is 13.5 Å². The van der Waals surface area contributed by atoms with Gasteiger partial charge in [-0.3, -0.25) is 14.7 Å². The van der Waals surface area contributed by atoms with Crippen LogP contribution in [0.25, 0.3) is 0 Å². The number of urea groups is 1. The van der Waals surface area contributed by atoms with Crippen LogP contribution in [0.3, 0.4) is 0 Å². The number of aromatic nitrogens is 1. The molecule has 0 aromatic carbocycles. The summed E-state index contributed by atoms with van der Waals surface area (Å²) >= 11 is 0. The number of carbonyl (C=O) groups is 2. The minimum absolute atomic E-state index is 0.386. The molecule has 0 aliphatic carbocycles. The Morgan fingerprint density at radius 2 is 2.27 bits per heavy atom. The van der Waals surface area contributed by atoms with Crippen molar-refractivity contribution in [3.8, 4) is 0 Å². The fraction of sp³-hybridized carbons (Fsp3) is 0.200. The van der Waals surface area contributed by atoms with Crippen molar-refractivity contribution in [2.75, 3.05) is 7.05 Å². The van der Waals surface area contributed by atoms with Gasteiger partial charge in [0.1, 0.15) is 0 Å². The molecular weight excluding hydrogens is 194 g/mol. The summed E-state index contributed by atoms with van der Waals surface area (Å²) in [5.74, 6) is -0.423. The molecule has 0 atom stereocenters. The van der Waals surface area contributed by atoms with Gasteiger partial charge in [0.2, 0.25) is 5.91 Å². The van der Waals surface area contributed by atoms with E-state index in [1.807, 2.05) is 6.07 Å². The van der Waals surface area contributed by atoms with Gasteiger partial charge >= 0.3 is 6.03 Å². The minimum atomic E-state index is -0.766. The monoisotopic (exact) mass is 206 g/mol. The summed E-state index contributed by atoms with van der Waals surface area (Å²) in [6, 6.07) is 4.66. The van der Waals surface area contributed by atoms with Crippen molar-refractivity contribution in [1.82, 2.24) is 9.88 Å². The first-order chi connectivity index (χ1) is 7.11. The Hall–Kier alpha value is -1.91. The maximum absolute atomic E-state index is 11.3. The summed E-state index contributed by atoms with van der Waals surface area (Å²) in [7, 11) is 1.33. The number of pyridine rings is 1. The Morgan fingerprint density at radius 1 is 1.53 bits per heavy atom. The van der Waals surface area contributed by atoms with E-state index in [4.69, 9.17) is 5.73 Å². The molecule has 3 amide bonds. The van der Waals surface area contributed by atoms with Crippen LogP contribution in [0, 0.1) is 6.42 Å². The van der Waals surface area contributed by atoms with Gasteiger partial charge in [0.05, 0.1) is 6.42 Å². The van der Waals surface area contributed by atoms with Crippen molar-refractivity contribution in [3.05, 3.63) is 36.5 Å². The van der Waals surface area contributed by atoms with E-state index >= 15 is 0 Å². The van der Waals surface area contributed by atoms with Crippen LogP contribution in [0.4, 0.5) is 4.79 Å². The molecule has 0 unspecified atom stereocenters. The third-order valence-electron chi connectivity index (χ3n) is 1.87. The number of hydrogen-bond acceptors (Lipinski definition) is 3. The highest BCUT2D eigenvalue weighted by atomic mass is 16.2. The molecule has 1 rings (SSSR count). The Bertz CT molecular complexity index is 351. The fourth-order valence-electron chi connectivity index (χ4n) is 0.956. The number of primary amides is 1. The summed E-state index contributed by atoms with van der Waals surface area (Å²) in [5.41, 5.74) is 5.70. The molecule has 0 aliphatic rings. The number of nitrogens with zero attached hydrogens (tertiary/aromatic N) is 2. The van der Waals surface area contributed by atoms with Crippen molar-refractivity contribution >= 4 is 11.9 Å². The molecule has 5 heteroatoms. The minimum Gasteiger partial charge on any atom is -0.351 e. The Morgan fingerprint density at radius 3 is 2.80 bits per heavy atom. The summed E-state index contributed by atoms with van der Waals surface area (Å²) in [6.07, 6.45) is 3.40. The second-order valence-corrected chi connectivity index (χ2v) is 2.96. The van der Waals surface area contributed by atoms with Crippen molar-refractivity contribution in [3.63, 3.8) is 0 Å². The van der Waals surface area contributed by atoms with Crippen molar-refractivity contribution in [2.24, 2.45) is 5.73 Å². The second kappa shape index (κ2) is 5.09. The van der Waals surface area contributed by atoms with Gasteiger partial charge in [-0.25, -0.2) is 4.79 Å². The zero-order chi connectivity index (χ0) is 11.3. The molecule has 1 heterocycles. The van der Waals surface area contributed by atoms with Crippen molar-refractivity contribution in [1.29, 1.82) is 0 Å². The molecule has 0 saturated heterocycles. The lowest BCUT2D eigenvalue weighted by molar-refractivity contribution is -0.123.